The molecule has 0 bridgehead atoms. The highest BCUT2D eigenvalue weighted by Gasteiger charge is 2.43. The monoisotopic (exact) mass is 571 g/mol. The maximum atomic E-state index is 13.7. The van der Waals surface area contributed by atoms with E-state index in [4.69, 9.17) is 21.1 Å². The molecule has 0 fully saturated rings. The molecule has 0 spiro atoms. The third-order valence-corrected chi connectivity index (χ3v) is 6.83. The van der Waals surface area contributed by atoms with Gasteiger partial charge in [0.1, 0.15) is 11.7 Å². The predicted octanol–water partition coefficient (Wildman–Crippen LogP) is 6.53. The van der Waals surface area contributed by atoms with Crippen molar-refractivity contribution >= 4 is 50.9 Å². The first-order chi connectivity index (χ1) is 17.3. The zero-order chi connectivity index (χ0) is 26.2. The van der Waals surface area contributed by atoms with Crippen molar-refractivity contribution in [2.75, 3.05) is 19.5 Å². The lowest BCUT2D eigenvalue weighted by atomic mass is 9.72. The molecule has 3 rings (SSSR count). The van der Waals surface area contributed by atoms with Gasteiger partial charge in [-0.15, -0.1) is 0 Å². The van der Waals surface area contributed by atoms with E-state index in [0.29, 0.717) is 34.0 Å². The SMILES string of the molecule is CC[C@@H](C(=O)c1ccc(Cl)cc1)[C@H](c1ccc(Br)cc1)[C@@H](C(=O)Nc1ccc(OC)cc1)C(=O)OC. The minimum atomic E-state index is -1.28. The number of carbonyl (C=O) groups excluding carboxylic acids is 3. The van der Waals surface area contributed by atoms with Crippen LogP contribution in [0.3, 0.4) is 0 Å². The molecule has 8 heteroatoms. The van der Waals surface area contributed by atoms with Gasteiger partial charge in [-0.05, 0) is 72.6 Å². The summed E-state index contributed by atoms with van der Waals surface area (Å²) in [7, 11) is 2.78. The van der Waals surface area contributed by atoms with Crippen LogP contribution in [0.25, 0.3) is 0 Å². The van der Waals surface area contributed by atoms with Crippen LogP contribution in [0.5, 0.6) is 5.75 Å². The topological polar surface area (TPSA) is 81.7 Å². The van der Waals surface area contributed by atoms with E-state index in [1.54, 1.807) is 55.6 Å². The first-order valence-electron chi connectivity index (χ1n) is 11.4. The van der Waals surface area contributed by atoms with E-state index in [9.17, 15) is 14.4 Å². The summed E-state index contributed by atoms with van der Waals surface area (Å²) in [6.45, 7) is 1.86. The van der Waals surface area contributed by atoms with Crippen LogP contribution in [0.4, 0.5) is 5.69 Å². The fourth-order valence-electron chi connectivity index (χ4n) is 4.21. The van der Waals surface area contributed by atoms with Crippen molar-refractivity contribution < 1.29 is 23.9 Å². The van der Waals surface area contributed by atoms with Crippen LogP contribution in [-0.2, 0) is 14.3 Å². The summed E-state index contributed by atoms with van der Waals surface area (Å²) in [5.41, 5.74) is 1.61. The average molecular weight is 573 g/mol. The molecule has 3 aromatic carbocycles. The van der Waals surface area contributed by atoms with Gasteiger partial charge in [0.25, 0.3) is 0 Å². The van der Waals surface area contributed by atoms with E-state index in [-0.39, 0.29) is 5.78 Å². The number of rotatable bonds is 10. The molecule has 0 unspecified atom stereocenters. The Morgan fingerprint density at radius 3 is 2.06 bits per heavy atom. The van der Waals surface area contributed by atoms with Crippen LogP contribution in [0.2, 0.25) is 5.02 Å². The second-order valence-corrected chi connectivity index (χ2v) is 9.53. The highest BCUT2D eigenvalue weighted by molar-refractivity contribution is 9.10. The molecule has 0 aliphatic heterocycles. The van der Waals surface area contributed by atoms with Gasteiger partial charge >= 0.3 is 5.97 Å². The molecule has 0 aliphatic carbocycles. The normalized spacial score (nSPS) is 13.2. The Bertz CT molecular complexity index is 1200. The fourth-order valence-corrected chi connectivity index (χ4v) is 4.60. The number of ketones is 1. The van der Waals surface area contributed by atoms with Gasteiger partial charge in [0.15, 0.2) is 5.78 Å². The van der Waals surface area contributed by atoms with E-state index >= 15 is 0 Å². The molecule has 0 aliphatic rings. The van der Waals surface area contributed by atoms with Crippen molar-refractivity contribution in [3.63, 3.8) is 0 Å². The molecule has 1 N–H and O–H groups in total. The number of amides is 1. The van der Waals surface area contributed by atoms with Crippen molar-refractivity contribution in [1.82, 2.24) is 0 Å². The maximum absolute atomic E-state index is 13.7. The van der Waals surface area contributed by atoms with Crippen molar-refractivity contribution in [3.8, 4) is 5.75 Å². The van der Waals surface area contributed by atoms with E-state index in [1.807, 2.05) is 31.2 Å². The van der Waals surface area contributed by atoms with Gasteiger partial charge in [-0.1, -0.05) is 46.6 Å². The van der Waals surface area contributed by atoms with Crippen LogP contribution in [0.1, 0.15) is 35.2 Å². The first kappa shape index (κ1) is 27.4. The van der Waals surface area contributed by atoms with Gasteiger partial charge in [-0.3, -0.25) is 14.4 Å². The lowest BCUT2D eigenvalue weighted by Gasteiger charge is -2.31. The number of anilines is 1. The molecule has 188 valence electrons. The van der Waals surface area contributed by atoms with Crippen LogP contribution < -0.4 is 10.1 Å². The van der Waals surface area contributed by atoms with E-state index < -0.39 is 29.6 Å². The maximum Gasteiger partial charge on any atom is 0.318 e. The Morgan fingerprint density at radius 1 is 0.917 bits per heavy atom. The molecule has 3 atom stereocenters. The second kappa shape index (κ2) is 12.7. The number of benzene rings is 3. The number of hydrogen-bond donors (Lipinski definition) is 1. The number of Topliss-reactive ketones (excluding diaryl/α,β-unsaturated/α-hetero) is 1. The third kappa shape index (κ3) is 6.53. The lowest BCUT2D eigenvalue weighted by molar-refractivity contribution is -0.150. The molecule has 6 nitrogen and oxygen atoms in total. The minimum Gasteiger partial charge on any atom is -0.497 e. The van der Waals surface area contributed by atoms with Crippen LogP contribution in [0.15, 0.2) is 77.3 Å². The highest BCUT2D eigenvalue weighted by atomic mass is 79.9. The second-order valence-electron chi connectivity index (χ2n) is 8.18. The van der Waals surface area contributed by atoms with Crippen LogP contribution >= 0.6 is 27.5 Å². The lowest BCUT2D eigenvalue weighted by Crippen LogP contribution is -2.40. The Labute approximate surface area is 224 Å². The summed E-state index contributed by atoms with van der Waals surface area (Å²) in [5.74, 6) is -3.59. The fraction of sp³-hybridized carbons (Fsp3) is 0.250. The summed E-state index contributed by atoms with van der Waals surface area (Å²) in [5, 5.41) is 3.31. The van der Waals surface area contributed by atoms with Gasteiger partial charge in [0, 0.05) is 32.6 Å². The number of carbonyl (C=O) groups is 3. The molecule has 3 aromatic rings. The predicted molar refractivity (Wildman–Crippen MR) is 144 cm³/mol. The van der Waals surface area contributed by atoms with Gasteiger partial charge in [-0.2, -0.15) is 0 Å². The molecule has 0 aromatic heterocycles. The number of esters is 1. The molecule has 0 heterocycles. The molecule has 36 heavy (non-hydrogen) atoms. The van der Waals surface area contributed by atoms with E-state index in [2.05, 4.69) is 21.2 Å². The quantitative estimate of drug-likeness (QED) is 0.170. The average Bonchev–Trinajstić information content (AvgIpc) is 2.89. The Balaban J connectivity index is 2.07. The summed E-state index contributed by atoms with van der Waals surface area (Å²) >= 11 is 9.44. The summed E-state index contributed by atoms with van der Waals surface area (Å²) in [4.78, 5) is 40.4. The molecule has 0 radical (unpaired) electrons. The van der Waals surface area contributed by atoms with Gasteiger partial charge in [0.2, 0.25) is 5.91 Å². The first-order valence-corrected chi connectivity index (χ1v) is 12.5. The number of halogens is 2. The number of methoxy groups -OCH3 is 2. The standard InChI is InChI=1S/C28H27BrClNO5/c1-4-23(26(32)18-7-11-20(30)12-8-18)24(17-5-9-19(29)10-6-17)25(28(34)36-3)27(33)31-21-13-15-22(35-2)16-14-21/h5-16,23-25H,4H2,1-3H3,(H,31,33)/t23-,24+,25+/m1/s1. The molecular weight excluding hydrogens is 546 g/mol. The van der Waals surface area contributed by atoms with Crippen LogP contribution in [0, 0.1) is 11.8 Å². The molecule has 1 amide bonds. The molecular formula is C28H27BrClNO5. The Kier molecular flexibility index (Phi) is 9.67. The molecule has 0 saturated heterocycles. The van der Waals surface area contributed by atoms with E-state index in [0.717, 1.165) is 4.47 Å². The van der Waals surface area contributed by atoms with Crippen LogP contribution in [-0.4, -0.2) is 31.9 Å². The minimum absolute atomic E-state index is 0.187. The molecule has 0 saturated carbocycles. The smallest absolute Gasteiger partial charge is 0.318 e. The van der Waals surface area contributed by atoms with Gasteiger partial charge < -0.3 is 14.8 Å². The summed E-state index contributed by atoms with van der Waals surface area (Å²) in [6, 6.07) is 20.6. The summed E-state index contributed by atoms with van der Waals surface area (Å²) < 4.78 is 11.1. The highest BCUT2D eigenvalue weighted by Crippen LogP contribution is 2.38. The summed E-state index contributed by atoms with van der Waals surface area (Å²) in [6.07, 6.45) is 0.394. The number of nitrogens with one attached hydrogen (secondary N) is 1. The van der Waals surface area contributed by atoms with Crippen molar-refractivity contribution in [3.05, 3.63) is 93.4 Å². The van der Waals surface area contributed by atoms with Crippen molar-refractivity contribution in [1.29, 1.82) is 0 Å². The zero-order valence-corrected chi connectivity index (χ0v) is 22.5. The third-order valence-electron chi connectivity index (χ3n) is 6.05. The largest absolute Gasteiger partial charge is 0.497 e. The van der Waals surface area contributed by atoms with Gasteiger partial charge in [-0.25, -0.2) is 0 Å². The van der Waals surface area contributed by atoms with Crippen molar-refractivity contribution in [2.24, 2.45) is 11.8 Å². The van der Waals surface area contributed by atoms with E-state index in [1.165, 1.54) is 7.11 Å². The zero-order valence-electron chi connectivity index (χ0n) is 20.2. The number of ether oxygens (including phenoxy) is 2. The Hall–Kier alpha value is -3.16. The van der Waals surface area contributed by atoms with Gasteiger partial charge in [0.05, 0.1) is 14.2 Å². The van der Waals surface area contributed by atoms with Crippen molar-refractivity contribution in [2.45, 2.75) is 19.3 Å². The Morgan fingerprint density at radius 2 is 1.53 bits per heavy atom. The number of hydrogen-bond acceptors (Lipinski definition) is 5.